The molecule has 1 amide bonds. The number of hydrogen-bond acceptors (Lipinski definition) is 6. The molecule has 1 fully saturated rings. The van der Waals surface area contributed by atoms with E-state index in [2.05, 4.69) is 14.9 Å². The van der Waals surface area contributed by atoms with Gasteiger partial charge in [0.25, 0.3) is 17.5 Å². The summed E-state index contributed by atoms with van der Waals surface area (Å²) in [6, 6.07) is 9.05. The van der Waals surface area contributed by atoms with E-state index in [1.54, 1.807) is 11.0 Å². The Morgan fingerprint density at radius 1 is 1.27 bits per heavy atom. The molecule has 0 bridgehead atoms. The summed E-state index contributed by atoms with van der Waals surface area (Å²) in [7, 11) is 4.08. The largest absolute Gasteiger partial charge is 0.508 e. The molecule has 8 heteroatoms. The van der Waals surface area contributed by atoms with Gasteiger partial charge in [-0.25, -0.2) is 0 Å². The van der Waals surface area contributed by atoms with Gasteiger partial charge in [0.2, 0.25) is 0 Å². The molecular weight excluding hydrogens is 420 g/mol. The second kappa shape index (κ2) is 7.88. The molecule has 0 atom stereocenters. The van der Waals surface area contributed by atoms with Gasteiger partial charge in [-0.05, 0) is 62.3 Å². The second-order valence-electron chi connectivity index (χ2n) is 9.65. The maximum atomic E-state index is 13.4. The van der Waals surface area contributed by atoms with Crippen LogP contribution < -0.4 is 10.3 Å². The number of H-pyrrole nitrogens is 1. The minimum absolute atomic E-state index is 0.0338. The Kier molecular flexibility index (Phi) is 5.12. The van der Waals surface area contributed by atoms with Crippen LogP contribution in [0.1, 0.15) is 40.0 Å². The molecule has 1 saturated carbocycles. The number of amides is 1. The van der Waals surface area contributed by atoms with Crippen LogP contribution in [0.4, 0.5) is 0 Å². The molecule has 2 aliphatic rings. The first kappa shape index (κ1) is 21.5. The number of aryl methyl sites for hydroxylation is 1. The van der Waals surface area contributed by atoms with E-state index >= 15 is 0 Å². The lowest BCUT2D eigenvalue weighted by molar-refractivity contribution is 0.0751. The summed E-state index contributed by atoms with van der Waals surface area (Å²) in [5, 5.41) is 11.8. The Bertz CT molecular complexity index is 1310. The van der Waals surface area contributed by atoms with Crippen molar-refractivity contribution in [1.82, 2.24) is 19.8 Å². The maximum Gasteiger partial charge on any atom is 0.296 e. The number of phenolic OH excluding ortho intramolecular Hbond substituents is 1. The van der Waals surface area contributed by atoms with Gasteiger partial charge in [0.1, 0.15) is 5.75 Å². The number of aromatic hydroxyl groups is 1. The van der Waals surface area contributed by atoms with Crippen molar-refractivity contribution in [1.29, 1.82) is 0 Å². The smallest absolute Gasteiger partial charge is 0.296 e. The molecule has 0 spiro atoms. The number of rotatable bonds is 6. The number of carbonyl (C=O) groups excluding carboxylic acids is 1. The van der Waals surface area contributed by atoms with Gasteiger partial charge in [-0.15, -0.1) is 0 Å². The van der Waals surface area contributed by atoms with Crippen LogP contribution in [-0.2, 0) is 13.1 Å². The minimum Gasteiger partial charge on any atom is -0.508 e. The third-order valence-electron chi connectivity index (χ3n) is 6.58. The number of benzene rings is 2. The van der Waals surface area contributed by atoms with Crippen molar-refractivity contribution in [3.8, 4) is 11.8 Å². The van der Waals surface area contributed by atoms with Crippen molar-refractivity contribution in [2.75, 3.05) is 27.2 Å². The number of nitrogens with zero attached hydrogens (tertiary/aromatic N) is 3. The number of fused-ring (bicyclic) bond motifs is 2. The number of phenols is 1. The molecule has 5 rings (SSSR count). The Hall–Kier alpha value is -3.39. The lowest BCUT2D eigenvalue weighted by atomic mass is 9.98. The Labute approximate surface area is 191 Å². The van der Waals surface area contributed by atoms with Crippen molar-refractivity contribution >= 4 is 16.7 Å². The summed E-state index contributed by atoms with van der Waals surface area (Å²) in [5.41, 5.74) is 2.25. The van der Waals surface area contributed by atoms with Crippen LogP contribution in [0.15, 0.2) is 35.1 Å². The number of nitrogens with one attached hydrogen (secondary N) is 1. The van der Waals surface area contributed by atoms with Gasteiger partial charge in [0.15, 0.2) is 0 Å². The highest BCUT2D eigenvalue weighted by atomic mass is 16.5. The van der Waals surface area contributed by atoms with Gasteiger partial charge in [-0.1, -0.05) is 18.2 Å². The molecule has 8 nitrogen and oxygen atoms in total. The van der Waals surface area contributed by atoms with Gasteiger partial charge < -0.3 is 19.6 Å². The van der Waals surface area contributed by atoms with Gasteiger partial charge in [-0.3, -0.25) is 14.6 Å². The van der Waals surface area contributed by atoms with Crippen molar-refractivity contribution < 1.29 is 14.6 Å². The topological polar surface area (TPSA) is 98.8 Å². The second-order valence-corrected chi connectivity index (χ2v) is 9.65. The number of aromatic amines is 1. The van der Waals surface area contributed by atoms with Gasteiger partial charge >= 0.3 is 0 Å². The number of carbonyl (C=O) groups is 1. The van der Waals surface area contributed by atoms with Crippen molar-refractivity contribution in [2.45, 2.75) is 32.9 Å². The average molecular weight is 449 g/mol. The number of aromatic nitrogens is 2. The molecule has 33 heavy (non-hydrogen) atoms. The predicted molar refractivity (Wildman–Crippen MR) is 125 cm³/mol. The predicted octanol–water partition coefficient (Wildman–Crippen LogP) is 2.81. The van der Waals surface area contributed by atoms with Crippen LogP contribution in [0, 0.1) is 12.3 Å². The van der Waals surface area contributed by atoms with E-state index < -0.39 is 0 Å². The molecule has 2 heterocycles. The molecule has 1 aliphatic heterocycles. The summed E-state index contributed by atoms with van der Waals surface area (Å²) >= 11 is 0. The lowest BCUT2D eigenvalue weighted by Crippen LogP contribution is -2.28. The molecule has 2 N–H and O–H groups in total. The van der Waals surface area contributed by atoms with Crippen molar-refractivity contribution in [3.05, 3.63) is 63.1 Å². The van der Waals surface area contributed by atoms with Crippen molar-refractivity contribution in [3.63, 3.8) is 0 Å². The maximum absolute atomic E-state index is 13.4. The Balaban J connectivity index is 1.38. The third kappa shape index (κ3) is 4.06. The lowest BCUT2D eigenvalue weighted by Gasteiger charge is -2.20. The molecule has 1 aromatic heterocycles. The normalized spacial score (nSPS) is 16.3. The minimum atomic E-state index is -0.278. The summed E-state index contributed by atoms with van der Waals surface area (Å²) < 4.78 is 5.88. The van der Waals surface area contributed by atoms with E-state index in [9.17, 15) is 14.7 Å². The van der Waals surface area contributed by atoms with Crippen LogP contribution in [0.5, 0.6) is 11.8 Å². The first-order valence-corrected chi connectivity index (χ1v) is 11.2. The van der Waals surface area contributed by atoms with Crippen LogP contribution in [0.25, 0.3) is 10.8 Å². The van der Waals surface area contributed by atoms with E-state index in [1.807, 2.05) is 39.2 Å². The van der Waals surface area contributed by atoms with Crippen LogP contribution in [0.3, 0.4) is 0 Å². The zero-order valence-corrected chi connectivity index (χ0v) is 19.1. The van der Waals surface area contributed by atoms with Crippen LogP contribution in [0.2, 0.25) is 0 Å². The SMILES string of the molecule is Cc1cccc2cc(O)cc(C(=O)N3Cc4nc(OCC5(CN(C)C)CC5)[nH]c(=O)c4C3)c12. The molecule has 2 aromatic carbocycles. The highest BCUT2D eigenvalue weighted by Crippen LogP contribution is 2.46. The summed E-state index contributed by atoms with van der Waals surface area (Å²) in [4.78, 5) is 37.1. The molecular formula is C25H28N4O4. The number of ether oxygens (including phenoxy) is 1. The summed E-state index contributed by atoms with van der Waals surface area (Å²) in [6.45, 7) is 3.77. The van der Waals surface area contributed by atoms with E-state index in [4.69, 9.17) is 4.74 Å². The zero-order valence-electron chi connectivity index (χ0n) is 19.1. The first-order valence-electron chi connectivity index (χ1n) is 11.2. The van der Waals surface area contributed by atoms with Gasteiger partial charge in [0, 0.05) is 12.0 Å². The molecule has 1 aliphatic carbocycles. The van der Waals surface area contributed by atoms with Crippen molar-refractivity contribution in [2.24, 2.45) is 5.41 Å². The van der Waals surface area contributed by atoms with Crippen LogP contribution >= 0.6 is 0 Å². The van der Waals surface area contributed by atoms with Gasteiger partial charge in [0.05, 0.1) is 36.5 Å². The van der Waals surface area contributed by atoms with E-state index in [0.29, 0.717) is 23.4 Å². The fourth-order valence-electron chi connectivity index (χ4n) is 4.81. The standard InChI is InChI=1S/C25H28N4O4/c1-15-5-4-6-16-9-17(30)10-18(21(15)16)23(32)29-11-19-20(12-29)26-24(27-22(19)31)33-14-25(7-8-25)13-28(2)3/h4-6,9-10,30H,7-8,11-14H2,1-3H3,(H,26,27,31). The average Bonchev–Trinajstić information content (AvgIpc) is 3.36. The molecule has 0 saturated heterocycles. The molecule has 3 aromatic rings. The molecule has 0 radical (unpaired) electrons. The summed E-state index contributed by atoms with van der Waals surface area (Å²) in [5.74, 6) is -0.209. The fraction of sp³-hybridized carbons (Fsp3) is 0.400. The third-order valence-corrected chi connectivity index (χ3v) is 6.58. The molecule has 172 valence electrons. The van der Waals surface area contributed by atoms with Gasteiger partial charge in [-0.2, -0.15) is 4.98 Å². The fourth-order valence-corrected chi connectivity index (χ4v) is 4.81. The number of hydrogen-bond donors (Lipinski definition) is 2. The highest BCUT2D eigenvalue weighted by molar-refractivity contribution is 6.09. The van der Waals surface area contributed by atoms with E-state index in [-0.39, 0.29) is 41.7 Å². The monoisotopic (exact) mass is 448 g/mol. The Morgan fingerprint density at radius 2 is 2.06 bits per heavy atom. The Morgan fingerprint density at radius 3 is 2.79 bits per heavy atom. The summed E-state index contributed by atoms with van der Waals surface area (Å²) in [6.07, 6.45) is 2.19. The van der Waals surface area contributed by atoms with Crippen LogP contribution in [-0.4, -0.2) is 58.0 Å². The highest BCUT2D eigenvalue weighted by Gasteiger charge is 2.44. The molecule has 0 unspecified atom stereocenters. The quantitative estimate of drug-likeness (QED) is 0.602. The van der Waals surface area contributed by atoms with E-state index in [0.717, 1.165) is 35.7 Å². The zero-order chi connectivity index (χ0) is 23.3. The van der Waals surface area contributed by atoms with E-state index in [1.165, 1.54) is 6.07 Å². The first-order chi connectivity index (χ1) is 15.7.